The number of aliphatic hydroxyl groups is 3. The second kappa shape index (κ2) is 19.9. The minimum Gasteiger partial charge on any atom is -0.499 e. The molecule has 2 aliphatic rings. The number of nitrogens with one attached hydrogen (secondary N) is 2. The first-order valence-corrected chi connectivity index (χ1v) is 19.2. The first kappa shape index (κ1) is 43.7. The van der Waals surface area contributed by atoms with Gasteiger partial charge in [-0.3, -0.25) is 14.4 Å². The van der Waals surface area contributed by atoms with Crippen molar-refractivity contribution in [2.75, 3.05) is 19.8 Å². The standard InChI is InChI=1S/C44H52N2O12/c1-28(49)38(41(52)45-34(27-48)18-19-37(50)57-43(2,3)4)46-40(51)31-25-35(55-42(53)30-13-11-12-29(24-30)20-22-54-23-21-47)39-36(26-31)56-44(58-39,32-14-7-5-8-15-32)33-16-9-6-10-17-33/h5-17,20,22,24,26,28,34-36,38-39,47-49H,18-19,21,23,25,27H2,1-4H3,(H,45,52)(H,46,51). The van der Waals surface area contributed by atoms with Gasteiger partial charge in [-0.1, -0.05) is 72.8 Å². The third-order valence-corrected chi connectivity index (χ3v) is 9.36. The summed E-state index contributed by atoms with van der Waals surface area (Å²) in [5.41, 5.74) is 1.59. The fraction of sp³-hybridized carbons (Fsp3) is 0.409. The molecule has 310 valence electrons. The van der Waals surface area contributed by atoms with Crippen molar-refractivity contribution in [3.05, 3.63) is 125 Å². The molecule has 14 heteroatoms. The Hall–Kier alpha value is -5.38. The summed E-state index contributed by atoms with van der Waals surface area (Å²) in [5, 5.41) is 34.8. The van der Waals surface area contributed by atoms with E-state index in [-0.39, 0.29) is 43.6 Å². The number of carbonyl (C=O) groups excluding carboxylic acids is 4. The van der Waals surface area contributed by atoms with E-state index in [0.717, 1.165) is 0 Å². The first-order chi connectivity index (χ1) is 27.7. The summed E-state index contributed by atoms with van der Waals surface area (Å²) in [4.78, 5) is 53.6. The monoisotopic (exact) mass is 800 g/mol. The van der Waals surface area contributed by atoms with Gasteiger partial charge in [0.15, 0.2) is 0 Å². The second-order valence-corrected chi connectivity index (χ2v) is 15.1. The Labute approximate surface area is 337 Å². The van der Waals surface area contributed by atoms with E-state index in [4.69, 9.17) is 28.8 Å². The predicted octanol–water partition coefficient (Wildman–Crippen LogP) is 3.67. The molecule has 5 rings (SSSR count). The Morgan fingerprint density at radius 2 is 1.60 bits per heavy atom. The fourth-order valence-corrected chi connectivity index (χ4v) is 6.64. The molecule has 58 heavy (non-hydrogen) atoms. The van der Waals surface area contributed by atoms with Crippen LogP contribution >= 0.6 is 0 Å². The zero-order chi connectivity index (χ0) is 41.9. The van der Waals surface area contributed by atoms with Gasteiger partial charge in [0.05, 0.1) is 37.2 Å². The minimum atomic E-state index is -1.46. The average Bonchev–Trinajstić information content (AvgIpc) is 3.61. The molecule has 0 radical (unpaired) electrons. The summed E-state index contributed by atoms with van der Waals surface area (Å²) in [6, 6.07) is 22.8. The molecule has 0 spiro atoms. The summed E-state index contributed by atoms with van der Waals surface area (Å²) in [7, 11) is 0. The lowest BCUT2D eigenvalue weighted by Crippen LogP contribution is -2.55. The predicted molar refractivity (Wildman–Crippen MR) is 212 cm³/mol. The van der Waals surface area contributed by atoms with Crippen molar-refractivity contribution in [1.29, 1.82) is 0 Å². The second-order valence-electron chi connectivity index (χ2n) is 15.1. The number of aliphatic hydroxyl groups excluding tert-OH is 3. The highest BCUT2D eigenvalue weighted by atomic mass is 16.8. The van der Waals surface area contributed by atoms with Crippen molar-refractivity contribution in [2.24, 2.45) is 0 Å². The van der Waals surface area contributed by atoms with Gasteiger partial charge in [0, 0.05) is 29.5 Å². The summed E-state index contributed by atoms with van der Waals surface area (Å²) < 4.78 is 30.2. The highest BCUT2D eigenvalue weighted by Gasteiger charge is 2.55. The first-order valence-electron chi connectivity index (χ1n) is 19.2. The number of rotatable bonds is 17. The van der Waals surface area contributed by atoms with Gasteiger partial charge in [0.1, 0.15) is 36.6 Å². The number of carbonyl (C=O) groups is 4. The van der Waals surface area contributed by atoms with Crippen LogP contribution < -0.4 is 10.6 Å². The topological polar surface area (TPSA) is 199 Å². The van der Waals surface area contributed by atoms with E-state index in [0.29, 0.717) is 16.7 Å². The molecule has 1 heterocycles. The van der Waals surface area contributed by atoms with E-state index in [2.05, 4.69) is 10.6 Å². The quantitative estimate of drug-likeness (QED) is 0.0756. The van der Waals surface area contributed by atoms with E-state index in [9.17, 15) is 29.4 Å². The van der Waals surface area contributed by atoms with E-state index < -0.39 is 78.2 Å². The van der Waals surface area contributed by atoms with Crippen LogP contribution in [0.15, 0.2) is 103 Å². The molecular weight excluding hydrogens is 748 g/mol. The van der Waals surface area contributed by atoms with Crippen LogP contribution in [0.4, 0.5) is 0 Å². The Balaban J connectivity index is 1.41. The Morgan fingerprint density at radius 3 is 2.21 bits per heavy atom. The number of hydrogen-bond donors (Lipinski definition) is 5. The Morgan fingerprint density at radius 1 is 0.931 bits per heavy atom. The van der Waals surface area contributed by atoms with Crippen LogP contribution in [0.5, 0.6) is 0 Å². The van der Waals surface area contributed by atoms with Crippen LogP contribution in [-0.4, -0.2) is 101 Å². The number of benzene rings is 3. The molecule has 2 amide bonds. The highest BCUT2D eigenvalue weighted by Crippen LogP contribution is 2.47. The van der Waals surface area contributed by atoms with Gasteiger partial charge in [-0.15, -0.1) is 0 Å². The third kappa shape index (κ3) is 11.4. The van der Waals surface area contributed by atoms with E-state index in [1.54, 1.807) is 57.2 Å². The maximum atomic E-state index is 14.1. The third-order valence-electron chi connectivity index (χ3n) is 9.36. The van der Waals surface area contributed by atoms with Crippen LogP contribution in [0.1, 0.15) is 74.0 Å². The minimum absolute atomic E-state index is 0.0531. The van der Waals surface area contributed by atoms with Crippen LogP contribution in [-0.2, 0) is 43.9 Å². The molecule has 0 aromatic heterocycles. The summed E-state index contributed by atoms with van der Waals surface area (Å²) in [6.07, 6.45) is 0.210. The molecule has 1 saturated heterocycles. The van der Waals surface area contributed by atoms with E-state index in [1.807, 2.05) is 60.7 Å². The zero-order valence-electron chi connectivity index (χ0n) is 33.0. The van der Waals surface area contributed by atoms with E-state index in [1.165, 1.54) is 13.2 Å². The highest BCUT2D eigenvalue weighted by molar-refractivity contribution is 5.98. The maximum absolute atomic E-state index is 14.1. The summed E-state index contributed by atoms with van der Waals surface area (Å²) in [5.74, 6) is -4.17. The van der Waals surface area contributed by atoms with Crippen molar-refractivity contribution in [1.82, 2.24) is 10.6 Å². The van der Waals surface area contributed by atoms with Gasteiger partial charge in [-0.05, 0) is 64.0 Å². The molecule has 6 unspecified atom stereocenters. The average molecular weight is 801 g/mol. The van der Waals surface area contributed by atoms with Crippen LogP contribution in [0.2, 0.25) is 0 Å². The smallest absolute Gasteiger partial charge is 0.338 e. The SMILES string of the molecule is CC(O)C(NC(=O)C1=CC2OC(c3ccccc3)(c3ccccc3)OC2C(OC(=O)c2cccc(C=COCCO)c2)C1)C(=O)NC(CO)CCC(=O)OC(C)(C)C. The maximum Gasteiger partial charge on any atom is 0.338 e. The molecule has 1 aliphatic carbocycles. The number of hydrogen-bond acceptors (Lipinski definition) is 12. The molecule has 3 aromatic carbocycles. The van der Waals surface area contributed by atoms with Crippen LogP contribution in [0.25, 0.3) is 6.08 Å². The van der Waals surface area contributed by atoms with Crippen molar-refractivity contribution in [2.45, 2.75) is 94.8 Å². The fourth-order valence-electron chi connectivity index (χ4n) is 6.64. The van der Waals surface area contributed by atoms with Gasteiger partial charge in [-0.2, -0.15) is 0 Å². The van der Waals surface area contributed by atoms with E-state index >= 15 is 0 Å². The van der Waals surface area contributed by atoms with Gasteiger partial charge >= 0.3 is 11.9 Å². The van der Waals surface area contributed by atoms with Crippen molar-refractivity contribution in [3.8, 4) is 0 Å². The number of fused-ring (bicyclic) bond motifs is 1. The molecular formula is C44H52N2O12. The molecule has 14 nitrogen and oxygen atoms in total. The molecule has 6 atom stereocenters. The van der Waals surface area contributed by atoms with Crippen molar-refractivity contribution >= 4 is 29.8 Å². The Kier molecular flexibility index (Phi) is 15.0. The largest absolute Gasteiger partial charge is 0.499 e. The van der Waals surface area contributed by atoms with Gasteiger partial charge in [-0.25, -0.2) is 4.79 Å². The lowest BCUT2D eigenvalue weighted by atomic mass is 9.91. The van der Waals surface area contributed by atoms with Crippen molar-refractivity contribution in [3.63, 3.8) is 0 Å². The van der Waals surface area contributed by atoms with Crippen LogP contribution in [0, 0.1) is 0 Å². The van der Waals surface area contributed by atoms with Gasteiger partial charge in [0.2, 0.25) is 17.6 Å². The molecule has 1 fully saturated rings. The number of amides is 2. The zero-order valence-corrected chi connectivity index (χ0v) is 33.0. The lowest BCUT2D eigenvalue weighted by Gasteiger charge is -2.32. The Bertz CT molecular complexity index is 1890. The molecule has 0 bridgehead atoms. The van der Waals surface area contributed by atoms with Crippen LogP contribution in [0.3, 0.4) is 0 Å². The van der Waals surface area contributed by atoms with Crippen molar-refractivity contribution < 1.29 is 58.2 Å². The molecule has 5 N–H and O–H groups in total. The number of ether oxygens (including phenoxy) is 5. The molecule has 0 saturated carbocycles. The lowest BCUT2D eigenvalue weighted by molar-refractivity contribution is -0.157. The summed E-state index contributed by atoms with van der Waals surface area (Å²) >= 11 is 0. The normalized spacial score (nSPS) is 20.2. The van der Waals surface area contributed by atoms with Gasteiger partial charge in [0.25, 0.3) is 0 Å². The number of esters is 2. The molecule has 1 aliphatic heterocycles. The van der Waals surface area contributed by atoms with Gasteiger partial charge < -0.3 is 49.6 Å². The molecule has 3 aromatic rings. The summed E-state index contributed by atoms with van der Waals surface area (Å²) in [6.45, 7) is 5.98.